The van der Waals surface area contributed by atoms with Crippen LogP contribution in [0.2, 0.25) is 0 Å². The van der Waals surface area contributed by atoms with E-state index in [4.69, 9.17) is 0 Å². The average molecular weight is 369 g/mol. The molecule has 0 aliphatic carbocycles. The normalized spacial score (nSPS) is 22.2. The summed E-state index contributed by atoms with van der Waals surface area (Å²) in [6.07, 6.45) is 4.92. The smallest absolute Gasteiger partial charge is 0.265 e. The molecule has 26 heavy (non-hydrogen) atoms. The zero-order valence-electron chi connectivity index (χ0n) is 14.9. The van der Waals surface area contributed by atoms with Crippen molar-refractivity contribution < 1.29 is 9.59 Å². The van der Waals surface area contributed by atoms with E-state index in [1.54, 1.807) is 11.7 Å². The van der Waals surface area contributed by atoms with Crippen molar-refractivity contribution in [3.05, 3.63) is 52.5 Å². The topological polar surface area (TPSA) is 53.5 Å². The molecular formula is C20H23N3O2S. The third-order valence-electron chi connectivity index (χ3n) is 5.91. The molecule has 2 amide bonds. The molecular weight excluding hydrogens is 346 g/mol. The molecule has 0 radical (unpaired) electrons. The largest absolute Gasteiger partial charge is 0.342 e. The molecule has 0 saturated carbocycles. The fourth-order valence-corrected chi connectivity index (χ4v) is 4.93. The molecule has 0 unspecified atom stereocenters. The van der Waals surface area contributed by atoms with Crippen molar-refractivity contribution in [2.75, 3.05) is 20.1 Å². The van der Waals surface area contributed by atoms with Crippen molar-refractivity contribution in [2.45, 2.75) is 31.7 Å². The number of carbonyl (C=O) groups is 2. The number of aromatic nitrogens is 1. The highest BCUT2D eigenvalue weighted by atomic mass is 32.1. The Morgan fingerprint density at radius 3 is 2.65 bits per heavy atom. The molecule has 5 nitrogen and oxygen atoms in total. The molecule has 2 aromatic rings. The summed E-state index contributed by atoms with van der Waals surface area (Å²) in [7, 11) is 1.93. The summed E-state index contributed by atoms with van der Waals surface area (Å²) < 4.78 is 0. The summed E-state index contributed by atoms with van der Waals surface area (Å²) in [6.45, 7) is 1.29. The zero-order valence-corrected chi connectivity index (χ0v) is 15.7. The number of hydrogen-bond acceptors (Lipinski definition) is 4. The third kappa shape index (κ3) is 3.03. The van der Waals surface area contributed by atoms with Crippen LogP contribution in [0.1, 0.15) is 34.5 Å². The molecule has 1 spiro atoms. The van der Waals surface area contributed by atoms with Crippen molar-refractivity contribution in [1.82, 2.24) is 14.8 Å². The van der Waals surface area contributed by atoms with Crippen LogP contribution >= 0.6 is 11.3 Å². The van der Waals surface area contributed by atoms with Crippen molar-refractivity contribution in [2.24, 2.45) is 5.41 Å². The molecule has 1 aromatic heterocycles. The van der Waals surface area contributed by atoms with Gasteiger partial charge in [-0.1, -0.05) is 30.3 Å². The van der Waals surface area contributed by atoms with Crippen LogP contribution in [0, 0.1) is 5.41 Å². The second-order valence-electron chi connectivity index (χ2n) is 7.40. The Kier molecular flexibility index (Phi) is 4.53. The maximum Gasteiger partial charge on any atom is 0.265 e. The Morgan fingerprint density at radius 2 is 2.00 bits per heavy atom. The monoisotopic (exact) mass is 369 g/mol. The summed E-state index contributed by atoms with van der Waals surface area (Å²) in [5.74, 6) is 0.297. The molecule has 3 heterocycles. The minimum atomic E-state index is -0.293. The van der Waals surface area contributed by atoms with E-state index in [9.17, 15) is 9.59 Å². The molecule has 0 bridgehead atoms. The minimum absolute atomic E-state index is 0.0435. The summed E-state index contributed by atoms with van der Waals surface area (Å²) in [4.78, 5) is 34.0. The first kappa shape index (κ1) is 17.2. The first-order chi connectivity index (χ1) is 12.6. The van der Waals surface area contributed by atoms with Gasteiger partial charge in [0.1, 0.15) is 4.88 Å². The minimum Gasteiger partial charge on any atom is -0.342 e. The van der Waals surface area contributed by atoms with Gasteiger partial charge in [0.15, 0.2) is 0 Å². The molecule has 1 aromatic carbocycles. The van der Waals surface area contributed by atoms with Gasteiger partial charge in [-0.05, 0) is 31.2 Å². The summed E-state index contributed by atoms with van der Waals surface area (Å²) >= 11 is 1.37. The van der Waals surface area contributed by atoms with E-state index in [1.165, 1.54) is 16.9 Å². The van der Waals surface area contributed by atoms with Gasteiger partial charge in [-0.2, -0.15) is 0 Å². The van der Waals surface area contributed by atoms with Gasteiger partial charge in [0.2, 0.25) is 5.91 Å². The molecule has 0 N–H and O–H groups in total. The number of piperidine rings is 1. The predicted octanol–water partition coefficient (Wildman–Crippen LogP) is 2.84. The fraction of sp³-hybridized carbons (Fsp3) is 0.450. The van der Waals surface area contributed by atoms with E-state index in [-0.39, 0.29) is 23.3 Å². The SMILES string of the molecule is CN1C(=O)C2(CCN(C(=O)c3cncs3)CC2)C[C@@H]1Cc1ccccc1. The van der Waals surface area contributed by atoms with Gasteiger partial charge in [0.05, 0.1) is 17.1 Å². The highest BCUT2D eigenvalue weighted by Gasteiger charge is 2.51. The van der Waals surface area contributed by atoms with Crippen LogP contribution in [0.15, 0.2) is 42.0 Å². The van der Waals surface area contributed by atoms with Crippen LogP contribution in [0.3, 0.4) is 0 Å². The number of likely N-dealkylation sites (tertiary alicyclic amines) is 2. The van der Waals surface area contributed by atoms with Gasteiger partial charge in [-0.25, -0.2) is 0 Å². The molecule has 4 rings (SSSR count). The predicted molar refractivity (Wildman–Crippen MR) is 101 cm³/mol. The van der Waals surface area contributed by atoms with Crippen LogP contribution < -0.4 is 0 Å². The van der Waals surface area contributed by atoms with E-state index in [0.717, 1.165) is 25.7 Å². The first-order valence-corrected chi connectivity index (χ1v) is 9.96. The van der Waals surface area contributed by atoms with Crippen LogP contribution in [0.4, 0.5) is 0 Å². The maximum absolute atomic E-state index is 13.0. The maximum atomic E-state index is 13.0. The van der Waals surface area contributed by atoms with E-state index in [2.05, 4.69) is 17.1 Å². The highest BCUT2D eigenvalue weighted by Crippen LogP contribution is 2.44. The van der Waals surface area contributed by atoms with Gasteiger partial charge in [-0.3, -0.25) is 14.6 Å². The number of thiazole rings is 1. The number of hydrogen-bond donors (Lipinski definition) is 0. The first-order valence-electron chi connectivity index (χ1n) is 9.08. The lowest BCUT2D eigenvalue weighted by Gasteiger charge is -2.37. The Bertz CT molecular complexity index is 783. The number of benzene rings is 1. The number of nitrogens with zero attached hydrogens (tertiary/aromatic N) is 3. The molecule has 6 heteroatoms. The Labute approximate surface area is 157 Å². The van der Waals surface area contributed by atoms with Gasteiger partial charge in [0, 0.05) is 26.2 Å². The lowest BCUT2D eigenvalue weighted by Crippen LogP contribution is -2.46. The number of rotatable bonds is 3. The van der Waals surface area contributed by atoms with Gasteiger partial charge >= 0.3 is 0 Å². The average Bonchev–Trinajstić information content (AvgIpc) is 3.28. The van der Waals surface area contributed by atoms with Gasteiger partial charge in [-0.15, -0.1) is 11.3 Å². The molecule has 2 saturated heterocycles. The standard InChI is InChI=1S/C20H23N3O2S/c1-22-16(11-15-5-3-2-4-6-15)12-20(19(22)25)7-9-23(10-8-20)18(24)17-13-21-14-26-17/h2-6,13-14,16H,7-12H2,1H3/t16-/m0/s1. The Balaban J connectivity index is 1.43. The Hall–Kier alpha value is -2.21. The zero-order chi connectivity index (χ0) is 18.1. The van der Waals surface area contributed by atoms with E-state index < -0.39 is 0 Å². The fourth-order valence-electron chi connectivity index (χ4n) is 4.34. The van der Waals surface area contributed by atoms with Crippen molar-refractivity contribution in [3.63, 3.8) is 0 Å². The molecule has 2 aliphatic rings. The van der Waals surface area contributed by atoms with Crippen molar-refractivity contribution in [3.8, 4) is 0 Å². The van der Waals surface area contributed by atoms with E-state index in [0.29, 0.717) is 18.0 Å². The summed E-state index contributed by atoms with van der Waals surface area (Å²) in [6, 6.07) is 10.6. The highest BCUT2D eigenvalue weighted by molar-refractivity contribution is 7.11. The van der Waals surface area contributed by atoms with E-state index in [1.807, 2.05) is 35.0 Å². The second kappa shape index (κ2) is 6.83. The van der Waals surface area contributed by atoms with Crippen molar-refractivity contribution >= 4 is 23.2 Å². The summed E-state index contributed by atoms with van der Waals surface area (Å²) in [5, 5.41) is 0. The van der Waals surface area contributed by atoms with Crippen LogP contribution in [-0.2, 0) is 11.2 Å². The van der Waals surface area contributed by atoms with Crippen molar-refractivity contribution in [1.29, 1.82) is 0 Å². The van der Waals surface area contributed by atoms with Gasteiger partial charge < -0.3 is 9.80 Å². The van der Waals surface area contributed by atoms with Crippen LogP contribution in [0.5, 0.6) is 0 Å². The number of likely N-dealkylation sites (N-methyl/N-ethyl adjacent to an activating group) is 1. The molecule has 1 atom stereocenters. The lowest BCUT2D eigenvalue weighted by molar-refractivity contribution is -0.137. The van der Waals surface area contributed by atoms with E-state index >= 15 is 0 Å². The third-order valence-corrected chi connectivity index (χ3v) is 6.67. The molecule has 136 valence electrons. The van der Waals surface area contributed by atoms with Crippen LogP contribution in [-0.4, -0.2) is 52.8 Å². The number of amides is 2. The quantitative estimate of drug-likeness (QED) is 0.836. The van der Waals surface area contributed by atoms with Gasteiger partial charge in [0.25, 0.3) is 5.91 Å². The van der Waals surface area contributed by atoms with Crippen LogP contribution in [0.25, 0.3) is 0 Å². The molecule has 2 aliphatic heterocycles. The number of carbonyl (C=O) groups excluding carboxylic acids is 2. The molecule has 2 fully saturated rings. The Morgan fingerprint density at radius 1 is 1.27 bits per heavy atom. The summed E-state index contributed by atoms with van der Waals surface area (Å²) in [5.41, 5.74) is 2.66. The lowest BCUT2D eigenvalue weighted by atomic mass is 9.75. The second-order valence-corrected chi connectivity index (χ2v) is 8.29.